The van der Waals surface area contributed by atoms with Gasteiger partial charge in [-0.3, -0.25) is 4.79 Å². The number of ether oxygens (including phenoxy) is 1. The molecule has 1 aliphatic rings. The van der Waals surface area contributed by atoms with Gasteiger partial charge in [-0.1, -0.05) is 72.8 Å². The Balaban J connectivity index is 1.31. The number of carbonyl (C=O) groups is 2. The number of amides is 3. The zero-order valence-electron chi connectivity index (χ0n) is 23.2. The summed E-state index contributed by atoms with van der Waals surface area (Å²) in [5.74, 6) is 0.659. The van der Waals surface area contributed by atoms with Gasteiger partial charge in [-0.05, 0) is 41.5 Å². The number of anilines is 3. The first-order valence-corrected chi connectivity index (χ1v) is 13.8. The molecule has 3 amide bonds. The van der Waals surface area contributed by atoms with Gasteiger partial charge >= 0.3 is 6.03 Å². The maximum absolute atomic E-state index is 13.5. The number of nitrogens with zero attached hydrogens (tertiary/aromatic N) is 2. The van der Waals surface area contributed by atoms with E-state index in [4.69, 9.17) is 4.74 Å². The fraction of sp³-hybridized carbons (Fsp3) is 0.212. The topological polar surface area (TPSA) is 85.9 Å². The molecule has 5 rings (SSSR count). The van der Waals surface area contributed by atoms with Gasteiger partial charge in [-0.15, -0.1) is 0 Å². The number of carbonyl (C=O) groups excluding carboxylic acids is 2. The highest BCUT2D eigenvalue weighted by atomic mass is 16.5. The number of hydrogen-bond donors (Lipinski definition) is 3. The zero-order valence-corrected chi connectivity index (χ0v) is 23.2. The number of rotatable bonds is 9. The highest BCUT2D eigenvalue weighted by Gasteiger charge is 2.24. The Morgan fingerprint density at radius 2 is 1.24 bits per heavy atom. The summed E-state index contributed by atoms with van der Waals surface area (Å²) in [5.41, 5.74) is 5.00. The van der Waals surface area contributed by atoms with E-state index in [1.54, 1.807) is 13.2 Å². The van der Waals surface area contributed by atoms with E-state index in [0.29, 0.717) is 24.3 Å². The molecule has 4 aromatic rings. The summed E-state index contributed by atoms with van der Waals surface area (Å²) in [5, 5.41) is 8.81. The van der Waals surface area contributed by atoms with Crippen molar-refractivity contribution in [3.05, 3.63) is 120 Å². The molecule has 1 saturated heterocycles. The van der Waals surface area contributed by atoms with E-state index < -0.39 is 0 Å². The van der Waals surface area contributed by atoms with Crippen LogP contribution in [0.2, 0.25) is 0 Å². The van der Waals surface area contributed by atoms with Crippen LogP contribution in [0, 0.1) is 0 Å². The molecule has 1 heterocycles. The second-order valence-electron chi connectivity index (χ2n) is 9.84. The SMILES string of the molecule is COc1ccccc1N1CCN(c2ccc(NC(=O)NCc3ccccc3)cc2C(=O)NCc2ccccc2)CC1. The Bertz CT molecular complexity index is 1450. The number of benzene rings is 4. The van der Waals surface area contributed by atoms with Crippen LogP contribution in [0.25, 0.3) is 0 Å². The minimum absolute atomic E-state index is 0.190. The molecule has 0 radical (unpaired) electrons. The summed E-state index contributed by atoms with van der Waals surface area (Å²) in [6.07, 6.45) is 0. The van der Waals surface area contributed by atoms with Crippen molar-refractivity contribution in [1.29, 1.82) is 0 Å². The van der Waals surface area contributed by atoms with Gasteiger partial charge in [0.15, 0.2) is 0 Å². The quantitative estimate of drug-likeness (QED) is 0.265. The molecule has 0 atom stereocenters. The first-order valence-electron chi connectivity index (χ1n) is 13.8. The Labute approximate surface area is 240 Å². The number of methoxy groups -OCH3 is 1. The lowest BCUT2D eigenvalue weighted by atomic mass is 10.1. The van der Waals surface area contributed by atoms with Gasteiger partial charge in [0.25, 0.3) is 5.91 Å². The van der Waals surface area contributed by atoms with Crippen LogP contribution in [0.1, 0.15) is 21.5 Å². The number of nitrogens with one attached hydrogen (secondary N) is 3. The van der Waals surface area contributed by atoms with Crippen molar-refractivity contribution in [2.75, 3.05) is 48.4 Å². The normalized spacial score (nSPS) is 12.9. The first-order chi connectivity index (χ1) is 20.1. The Hall–Kier alpha value is -4.98. The van der Waals surface area contributed by atoms with Crippen LogP contribution in [0.5, 0.6) is 5.75 Å². The van der Waals surface area contributed by atoms with E-state index in [1.807, 2.05) is 91.0 Å². The maximum atomic E-state index is 13.5. The molecule has 0 saturated carbocycles. The minimum atomic E-state index is -0.331. The first kappa shape index (κ1) is 27.6. The van der Waals surface area contributed by atoms with Gasteiger partial charge in [-0.2, -0.15) is 0 Å². The van der Waals surface area contributed by atoms with Gasteiger partial charge in [-0.25, -0.2) is 4.79 Å². The summed E-state index contributed by atoms with van der Waals surface area (Å²) in [6, 6.07) is 32.7. The molecule has 0 bridgehead atoms. The molecule has 1 fully saturated rings. The monoisotopic (exact) mass is 549 g/mol. The van der Waals surface area contributed by atoms with E-state index >= 15 is 0 Å². The molecule has 0 aromatic heterocycles. The van der Waals surface area contributed by atoms with Crippen LogP contribution >= 0.6 is 0 Å². The molecule has 0 unspecified atom stereocenters. The molecule has 3 N–H and O–H groups in total. The fourth-order valence-corrected chi connectivity index (χ4v) is 4.98. The van der Waals surface area contributed by atoms with Gasteiger partial charge < -0.3 is 30.5 Å². The van der Waals surface area contributed by atoms with Crippen LogP contribution in [-0.4, -0.2) is 45.2 Å². The van der Waals surface area contributed by atoms with E-state index in [-0.39, 0.29) is 11.9 Å². The second-order valence-corrected chi connectivity index (χ2v) is 9.84. The molecule has 8 heteroatoms. The Morgan fingerprint density at radius 3 is 1.88 bits per heavy atom. The molecule has 4 aromatic carbocycles. The van der Waals surface area contributed by atoms with Crippen LogP contribution in [0.4, 0.5) is 21.9 Å². The van der Waals surface area contributed by atoms with Crippen LogP contribution in [-0.2, 0) is 13.1 Å². The average Bonchev–Trinajstić information content (AvgIpc) is 3.03. The predicted octanol–water partition coefficient (Wildman–Crippen LogP) is 5.27. The zero-order chi connectivity index (χ0) is 28.4. The maximum Gasteiger partial charge on any atom is 0.319 e. The van der Waals surface area contributed by atoms with Crippen LogP contribution in [0.15, 0.2) is 103 Å². The second kappa shape index (κ2) is 13.4. The summed E-state index contributed by atoms with van der Waals surface area (Å²) < 4.78 is 5.56. The lowest BCUT2D eigenvalue weighted by Gasteiger charge is -2.38. The third-order valence-corrected chi connectivity index (χ3v) is 7.14. The standard InChI is InChI=1S/C33H35N5O3/c1-41-31-15-9-8-14-30(31)38-20-18-37(19-21-38)29-17-16-27(36-33(40)35-24-26-12-6-3-7-13-26)22-28(29)32(39)34-23-25-10-4-2-5-11-25/h2-17,22H,18-21,23-24H2,1H3,(H,34,39)(H2,35,36,40). The summed E-state index contributed by atoms with van der Waals surface area (Å²) in [4.78, 5) is 30.7. The fourth-order valence-electron chi connectivity index (χ4n) is 4.98. The molecule has 0 aliphatic carbocycles. The number of hydrogen-bond acceptors (Lipinski definition) is 5. The highest BCUT2D eigenvalue weighted by Crippen LogP contribution is 2.31. The summed E-state index contributed by atoms with van der Waals surface area (Å²) in [6.45, 7) is 3.87. The van der Waals surface area contributed by atoms with Crippen molar-refractivity contribution in [2.24, 2.45) is 0 Å². The van der Waals surface area contributed by atoms with E-state index in [1.165, 1.54) is 0 Å². The Kier molecular flexibility index (Phi) is 9.01. The number of para-hydroxylation sites is 2. The smallest absolute Gasteiger partial charge is 0.319 e. The average molecular weight is 550 g/mol. The van der Waals surface area contributed by atoms with Gasteiger partial charge in [0.05, 0.1) is 18.4 Å². The van der Waals surface area contributed by atoms with Crippen molar-refractivity contribution in [1.82, 2.24) is 10.6 Å². The van der Waals surface area contributed by atoms with Crippen molar-refractivity contribution >= 4 is 29.0 Å². The predicted molar refractivity (Wildman–Crippen MR) is 164 cm³/mol. The Morgan fingerprint density at radius 1 is 0.683 bits per heavy atom. The summed E-state index contributed by atoms with van der Waals surface area (Å²) >= 11 is 0. The molecule has 0 spiro atoms. The largest absolute Gasteiger partial charge is 0.495 e. The van der Waals surface area contributed by atoms with E-state index in [0.717, 1.165) is 54.4 Å². The van der Waals surface area contributed by atoms with E-state index in [9.17, 15) is 9.59 Å². The minimum Gasteiger partial charge on any atom is -0.495 e. The third kappa shape index (κ3) is 7.16. The molecule has 210 valence electrons. The molecular formula is C33H35N5O3. The van der Waals surface area contributed by atoms with Gasteiger partial charge in [0.2, 0.25) is 0 Å². The third-order valence-electron chi connectivity index (χ3n) is 7.14. The van der Waals surface area contributed by atoms with Gasteiger partial charge in [0.1, 0.15) is 5.75 Å². The lowest BCUT2D eigenvalue weighted by Crippen LogP contribution is -2.47. The lowest BCUT2D eigenvalue weighted by molar-refractivity contribution is 0.0951. The number of urea groups is 1. The molecule has 1 aliphatic heterocycles. The molecule has 41 heavy (non-hydrogen) atoms. The van der Waals surface area contributed by atoms with Crippen LogP contribution in [0.3, 0.4) is 0 Å². The molecule has 8 nitrogen and oxygen atoms in total. The van der Waals surface area contributed by atoms with Gasteiger partial charge in [0, 0.05) is 50.6 Å². The van der Waals surface area contributed by atoms with E-state index in [2.05, 4.69) is 31.8 Å². The van der Waals surface area contributed by atoms with Crippen molar-refractivity contribution < 1.29 is 14.3 Å². The summed E-state index contributed by atoms with van der Waals surface area (Å²) in [7, 11) is 1.69. The molecular weight excluding hydrogens is 514 g/mol. The van der Waals surface area contributed by atoms with Crippen LogP contribution < -0.4 is 30.5 Å². The van der Waals surface area contributed by atoms with Crippen molar-refractivity contribution in [3.63, 3.8) is 0 Å². The van der Waals surface area contributed by atoms with Crippen molar-refractivity contribution in [3.8, 4) is 5.75 Å². The number of piperazine rings is 1. The highest BCUT2D eigenvalue weighted by molar-refractivity contribution is 6.02. The van der Waals surface area contributed by atoms with Crippen molar-refractivity contribution in [2.45, 2.75) is 13.1 Å².